The number of nitrogens with zero attached hydrogens (tertiary/aromatic N) is 5. The van der Waals surface area contributed by atoms with Gasteiger partial charge in [-0.25, -0.2) is 14.4 Å². The van der Waals surface area contributed by atoms with Gasteiger partial charge in [0.1, 0.15) is 27.6 Å². The highest BCUT2D eigenvalue weighted by atomic mass is 32.1. The van der Waals surface area contributed by atoms with E-state index in [2.05, 4.69) is 15.1 Å². The molecular formula is C23H19FN6OS2. The summed E-state index contributed by atoms with van der Waals surface area (Å²) in [7, 11) is 0. The van der Waals surface area contributed by atoms with Crippen molar-refractivity contribution in [1.29, 1.82) is 0 Å². The van der Waals surface area contributed by atoms with Crippen molar-refractivity contribution in [3.8, 4) is 0 Å². The molecule has 4 aromatic heterocycles. The summed E-state index contributed by atoms with van der Waals surface area (Å²) in [5, 5.41) is 6.54. The Morgan fingerprint density at radius 1 is 1.21 bits per heavy atom. The Morgan fingerprint density at radius 2 is 2.03 bits per heavy atom. The number of halogens is 1. The van der Waals surface area contributed by atoms with Crippen molar-refractivity contribution >= 4 is 54.8 Å². The fourth-order valence-corrected chi connectivity index (χ4v) is 6.71. The molecule has 166 valence electrons. The maximum atomic E-state index is 13.4. The van der Waals surface area contributed by atoms with Gasteiger partial charge in [0.25, 0.3) is 5.91 Å². The lowest BCUT2D eigenvalue weighted by Gasteiger charge is -2.26. The quantitative estimate of drug-likeness (QED) is 0.416. The lowest BCUT2D eigenvalue weighted by Crippen LogP contribution is -2.34. The molecule has 0 spiro atoms. The molecular weight excluding hydrogens is 459 g/mol. The van der Waals surface area contributed by atoms with Crippen LogP contribution in [0.15, 0.2) is 36.7 Å². The summed E-state index contributed by atoms with van der Waals surface area (Å²) in [5.41, 5.74) is 9.08. The van der Waals surface area contributed by atoms with E-state index in [9.17, 15) is 9.18 Å². The molecule has 7 nitrogen and oxygen atoms in total. The van der Waals surface area contributed by atoms with Gasteiger partial charge >= 0.3 is 0 Å². The predicted octanol–water partition coefficient (Wildman–Crippen LogP) is 4.38. The van der Waals surface area contributed by atoms with Gasteiger partial charge in [-0.05, 0) is 42.7 Å². The van der Waals surface area contributed by atoms with Gasteiger partial charge in [0.05, 0.1) is 29.0 Å². The number of thiophene rings is 2. The maximum Gasteiger partial charge on any atom is 0.264 e. The first-order chi connectivity index (χ1) is 16.0. The number of aromatic nitrogens is 4. The van der Waals surface area contributed by atoms with E-state index in [4.69, 9.17) is 5.73 Å². The number of nitrogens with two attached hydrogens (primary N) is 1. The van der Waals surface area contributed by atoms with Crippen LogP contribution in [-0.4, -0.2) is 37.1 Å². The summed E-state index contributed by atoms with van der Waals surface area (Å²) in [6.45, 7) is 3.64. The second kappa shape index (κ2) is 7.60. The van der Waals surface area contributed by atoms with Crippen LogP contribution in [0.4, 0.5) is 10.2 Å². The summed E-state index contributed by atoms with van der Waals surface area (Å²) in [6.07, 6.45) is 2.22. The first-order valence-electron chi connectivity index (χ1n) is 10.5. The molecule has 2 N–H and O–H groups in total. The fourth-order valence-electron chi connectivity index (χ4n) is 4.37. The lowest BCUT2D eigenvalue weighted by molar-refractivity contribution is 0.0742. The average molecular weight is 479 g/mol. The summed E-state index contributed by atoms with van der Waals surface area (Å²) in [4.78, 5) is 27.4. The minimum absolute atomic E-state index is 0.0195. The highest BCUT2D eigenvalue weighted by Crippen LogP contribution is 2.37. The van der Waals surface area contributed by atoms with Crippen LogP contribution >= 0.6 is 22.7 Å². The topological polar surface area (TPSA) is 89.9 Å². The zero-order valence-corrected chi connectivity index (χ0v) is 19.3. The zero-order valence-electron chi connectivity index (χ0n) is 17.7. The molecule has 33 heavy (non-hydrogen) atoms. The van der Waals surface area contributed by atoms with Crippen LogP contribution < -0.4 is 5.73 Å². The molecule has 5 heterocycles. The van der Waals surface area contributed by atoms with Crippen LogP contribution in [0.1, 0.15) is 31.4 Å². The molecule has 0 saturated heterocycles. The van der Waals surface area contributed by atoms with Crippen LogP contribution in [0.2, 0.25) is 0 Å². The highest BCUT2D eigenvalue weighted by molar-refractivity contribution is 7.20. The van der Waals surface area contributed by atoms with Gasteiger partial charge < -0.3 is 10.6 Å². The minimum atomic E-state index is -0.261. The number of benzene rings is 1. The molecule has 0 fully saturated rings. The van der Waals surface area contributed by atoms with E-state index in [0.717, 1.165) is 43.0 Å². The molecule has 0 aliphatic carbocycles. The monoisotopic (exact) mass is 478 g/mol. The molecule has 10 heteroatoms. The SMILES string of the molecule is Cc1nn(Cc2ccc(F)cc2)c2sc(C(=O)N3CCc4c(sc5ncnc(N)c45)C3)cc12. The van der Waals surface area contributed by atoms with E-state index >= 15 is 0 Å². The minimum Gasteiger partial charge on any atom is -0.383 e. The van der Waals surface area contributed by atoms with E-state index in [0.29, 0.717) is 30.3 Å². The van der Waals surface area contributed by atoms with Crippen LogP contribution in [0.5, 0.6) is 0 Å². The van der Waals surface area contributed by atoms with Crippen molar-refractivity contribution in [2.45, 2.75) is 26.4 Å². The Kier molecular flexibility index (Phi) is 4.66. The summed E-state index contributed by atoms with van der Waals surface area (Å²) < 4.78 is 15.1. The third-order valence-corrected chi connectivity index (χ3v) is 8.28. The number of hydrogen-bond acceptors (Lipinski definition) is 7. The van der Waals surface area contributed by atoms with Crippen molar-refractivity contribution in [3.05, 3.63) is 69.1 Å². The number of nitrogen functional groups attached to an aromatic ring is 1. The molecule has 5 aromatic rings. The molecule has 0 saturated carbocycles. The molecule has 6 rings (SSSR count). The van der Waals surface area contributed by atoms with Crippen molar-refractivity contribution < 1.29 is 9.18 Å². The number of hydrogen-bond donors (Lipinski definition) is 1. The van der Waals surface area contributed by atoms with Gasteiger partial charge in [0.2, 0.25) is 0 Å². The van der Waals surface area contributed by atoms with Gasteiger partial charge in [-0.2, -0.15) is 5.10 Å². The molecule has 1 aliphatic rings. The molecule has 1 amide bonds. The molecule has 0 atom stereocenters. The molecule has 0 radical (unpaired) electrons. The molecule has 1 aromatic carbocycles. The van der Waals surface area contributed by atoms with Crippen LogP contribution in [-0.2, 0) is 19.5 Å². The highest BCUT2D eigenvalue weighted by Gasteiger charge is 2.28. The number of amides is 1. The first kappa shape index (κ1) is 20.3. The molecule has 0 bridgehead atoms. The number of aryl methyl sites for hydroxylation is 1. The van der Waals surface area contributed by atoms with Gasteiger partial charge in [-0.15, -0.1) is 22.7 Å². The summed E-state index contributed by atoms with van der Waals surface area (Å²) in [6, 6.07) is 8.35. The largest absolute Gasteiger partial charge is 0.383 e. The number of carbonyl (C=O) groups is 1. The van der Waals surface area contributed by atoms with Gasteiger partial charge in [-0.1, -0.05) is 12.1 Å². The van der Waals surface area contributed by atoms with E-state index in [1.54, 1.807) is 23.5 Å². The van der Waals surface area contributed by atoms with Crippen molar-refractivity contribution in [1.82, 2.24) is 24.6 Å². The Hall–Kier alpha value is -3.37. The third kappa shape index (κ3) is 3.37. The van der Waals surface area contributed by atoms with Crippen LogP contribution in [0, 0.1) is 12.7 Å². The zero-order chi connectivity index (χ0) is 22.7. The Bertz CT molecular complexity index is 1530. The third-order valence-electron chi connectivity index (χ3n) is 6.02. The van der Waals surface area contributed by atoms with E-state index in [-0.39, 0.29) is 11.7 Å². The van der Waals surface area contributed by atoms with Crippen molar-refractivity contribution in [2.75, 3.05) is 12.3 Å². The van der Waals surface area contributed by atoms with Gasteiger partial charge in [-0.3, -0.25) is 9.48 Å². The molecule has 0 unspecified atom stereocenters. The number of carbonyl (C=O) groups excluding carboxylic acids is 1. The normalized spacial score (nSPS) is 13.7. The number of anilines is 1. The van der Waals surface area contributed by atoms with E-state index in [1.165, 1.54) is 35.4 Å². The average Bonchev–Trinajstić information content (AvgIpc) is 3.48. The Balaban J connectivity index is 1.29. The van der Waals surface area contributed by atoms with Crippen molar-refractivity contribution in [3.63, 3.8) is 0 Å². The predicted molar refractivity (Wildman–Crippen MR) is 128 cm³/mol. The smallest absolute Gasteiger partial charge is 0.264 e. The molecule has 1 aliphatic heterocycles. The van der Waals surface area contributed by atoms with E-state index < -0.39 is 0 Å². The lowest BCUT2D eigenvalue weighted by atomic mass is 10.0. The fraction of sp³-hybridized carbons (Fsp3) is 0.217. The van der Waals surface area contributed by atoms with Gasteiger partial charge in [0, 0.05) is 16.8 Å². The maximum absolute atomic E-state index is 13.4. The van der Waals surface area contributed by atoms with Gasteiger partial charge in [0.15, 0.2) is 0 Å². The second-order valence-corrected chi connectivity index (χ2v) is 10.2. The second-order valence-electron chi connectivity index (χ2n) is 8.12. The van der Waals surface area contributed by atoms with Crippen LogP contribution in [0.3, 0.4) is 0 Å². The van der Waals surface area contributed by atoms with Crippen molar-refractivity contribution in [2.24, 2.45) is 0 Å². The van der Waals surface area contributed by atoms with E-state index in [1.807, 2.05) is 22.6 Å². The Morgan fingerprint density at radius 3 is 2.85 bits per heavy atom. The van der Waals surface area contributed by atoms with Crippen LogP contribution in [0.25, 0.3) is 20.4 Å². The standard InChI is InChI=1S/C23H19FN6OS2/c1-12-16-8-17(33-23(16)30(28-12)9-13-2-4-14(24)5-3-13)22(31)29-7-6-15-18(10-29)32-21-19(15)20(25)26-11-27-21/h2-5,8,11H,6-7,9-10H2,1H3,(H2,25,26,27). The summed E-state index contributed by atoms with van der Waals surface area (Å²) in [5.74, 6) is 0.261. The summed E-state index contributed by atoms with van der Waals surface area (Å²) >= 11 is 3.04. The number of fused-ring (bicyclic) bond motifs is 4. The number of rotatable bonds is 3. The Labute approximate surface area is 196 Å². The first-order valence-corrected chi connectivity index (χ1v) is 12.1.